The first-order chi connectivity index (χ1) is 8.51. The van der Waals surface area contributed by atoms with E-state index in [4.69, 9.17) is 0 Å². The quantitative estimate of drug-likeness (QED) is 0.895. The van der Waals surface area contributed by atoms with Crippen LogP contribution < -0.4 is 10.6 Å². The summed E-state index contributed by atoms with van der Waals surface area (Å²) in [7, 11) is 0. The third-order valence-electron chi connectivity index (χ3n) is 3.84. The zero-order valence-corrected chi connectivity index (χ0v) is 12.6. The number of halogens is 1. The Balaban J connectivity index is 0.00000180. The number of rotatable bonds is 3. The summed E-state index contributed by atoms with van der Waals surface area (Å²) in [5.41, 5.74) is 2.15. The van der Waals surface area contributed by atoms with Crippen molar-refractivity contribution in [3.05, 3.63) is 35.4 Å². The molecule has 19 heavy (non-hydrogen) atoms. The van der Waals surface area contributed by atoms with Gasteiger partial charge in [0.2, 0.25) is 5.91 Å². The molecule has 1 aliphatic heterocycles. The molecular formula is C15H23ClN2O. The zero-order valence-electron chi connectivity index (χ0n) is 11.8. The first kappa shape index (κ1) is 16.0. The molecule has 0 radical (unpaired) electrons. The summed E-state index contributed by atoms with van der Waals surface area (Å²) in [6, 6.07) is 8.38. The molecule has 0 spiro atoms. The minimum absolute atomic E-state index is 0. The molecule has 1 aliphatic rings. The van der Waals surface area contributed by atoms with Crippen molar-refractivity contribution in [1.82, 2.24) is 10.6 Å². The Kier molecular flexibility index (Phi) is 5.39. The second-order valence-electron chi connectivity index (χ2n) is 5.59. The van der Waals surface area contributed by atoms with Gasteiger partial charge in [-0.2, -0.15) is 0 Å². The summed E-state index contributed by atoms with van der Waals surface area (Å²) in [6.45, 7) is 7.85. The molecule has 106 valence electrons. The predicted octanol–water partition coefficient (Wildman–Crippen LogP) is 2.59. The molecule has 1 saturated heterocycles. The second-order valence-corrected chi connectivity index (χ2v) is 5.59. The Morgan fingerprint density at radius 1 is 1.37 bits per heavy atom. The molecule has 1 heterocycles. The third-order valence-corrected chi connectivity index (χ3v) is 3.84. The van der Waals surface area contributed by atoms with Gasteiger partial charge in [-0.1, -0.05) is 29.8 Å². The Labute approximate surface area is 121 Å². The van der Waals surface area contributed by atoms with Crippen molar-refractivity contribution < 1.29 is 4.79 Å². The van der Waals surface area contributed by atoms with E-state index in [-0.39, 0.29) is 29.8 Å². The number of carbonyl (C=O) groups excluding carboxylic acids is 1. The van der Waals surface area contributed by atoms with Crippen LogP contribution in [0.3, 0.4) is 0 Å². The summed E-state index contributed by atoms with van der Waals surface area (Å²) in [5.74, 6) is 0.153. The number of amides is 1. The van der Waals surface area contributed by atoms with Crippen LogP contribution in [0.1, 0.15) is 37.4 Å². The SMILES string of the molecule is Cc1ccc(C(C)NC(=O)C2(C)CCNC2)cc1.Cl. The first-order valence-electron chi connectivity index (χ1n) is 6.59. The summed E-state index contributed by atoms with van der Waals surface area (Å²) in [4.78, 5) is 12.3. The molecule has 2 rings (SSSR count). The zero-order chi connectivity index (χ0) is 13.2. The highest BCUT2D eigenvalue weighted by molar-refractivity contribution is 5.85. The van der Waals surface area contributed by atoms with Crippen molar-refractivity contribution >= 4 is 18.3 Å². The molecule has 2 N–H and O–H groups in total. The van der Waals surface area contributed by atoms with Crippen LogP contribution in [0, 0.1) is 12.3 Å². The first-order valence-corrected chi connectivity index (χ1v) is 6.59. The number of hydrogen-bond donors (Lipinski definition) is 2. The monoisotopic (exact) mass is 282 g/mol. The van der Waals surface area contributed by atoms with Crippen molar-refractivity contribution in [3.8, 4) is 0 Å². The molecule has 1 amide bonds. The smallest absolute Gasteiger partial charge is 0.227 e. The van der Waals surface area contributed by atoms with Gasteiger partial charge in [0, 0.05) is 6.54 Å². The predicted molar refractivity (Wildman–Crippen MR) is 80.6 cm³/mol. The van der Waals surface area contributed by atoms with E-state index in [0.717, 1.165) is 25.1 Å². The number of nitrogens with one attached hydrogen (secondary N) is 2. The molecule has 0 saturated carbocycles. The molecule has 1 fully saturated rings. The second kappa shape index (κ2) is 6.40. The maximum Gasteiger partial charge on any atom is 0.227 e. The highest BCUT2D eigenvalue weighted by Gasteiger charge is 2.36. The van der Waals surface area contributed by atoms with Crippen molar-refractivity contribution in [1.29, 1.82) is 0 Å². The highest BCUT2D eigenvalue weighted by Crippen LogP contribution is 2.26. The number of hydrogen-bond acceptors (Lipinski definition) is 2. The van der Waals surface area contributed by atoms with Gasteiger partial charge in [0.1, 0.15) is 0 Å². The molecule has 0 aliphatic carbocycles. The molecule has 2 unspecified atom stereocenters. The van der Waals surface area contributed by atoms with Crippen molar-refractivity contribution in [2.24, 2.45) is 5.41 Å². The van der Waals surface area contributed by atoms with E-state index in [0.29, 0.717) is 0 Å². The van der Waals surface area contributed by atoms with Crippen LogP contribution in [0.5, 0.6) is 0 Å². The lowest BCUT2D eigenvalue weighted by Gasteiger charge is -2.24. The van der Waals surface area contributed by atoms with E-state index in [9.17, 15) is 4.79 Å². The molecule has 1 aromatic carbocycles. The van der Waals surface area contributed by atoms with Crippen molar-refractivity contribution in [2.75, 3.05) is 13.1 Å². The fourth-order valence-electron chi connectivity index (χ4n) is 2.32. The maximum absolute atomic E-state index is 12.3. The summed E-state index contributed by atoms with van der Waals surface area (Å²) in [6.07, 6.45) is 0.916. The molecule has 1 aromatic rings. The van der Waals surface area contributed by atoms with Gasteiger partial charge in [0.15, 0.2) is 0 Å². The number of carbonyl (C=O) groups is 1. The van der Waals surface area contributed by atoms with E-state index in [1.165, 1.54) is 5.56 Å². The lowest BCUT2D eigenvalue weighted by Crippen LogP contribution is -2.41. The Morgan fingerprint density at radius 3 is 2.53 bits per heavy atom. The topological polar surface area (TPSA) is 41.1 Å². The van der Waals surface area contributed by atoms with Gasteiger partial charge in [0.05, 0.1) is 11.5 Å². The summed E-state index contributed by atoms with van der Waals surface area (Å²) < 4.78 is 0. The Hall–Kier alpha value is -1.06. The van der Waals surface area contributed by atoms with Gasteiger partial charge in [0.25, 0.3) is 0 Å². The van der Waals surface area contributed by atoms with E-state index >= 15 is 0 Å². The lowest BCUT2D eigenvalue weighted by molar-refractivity contribution is -0.129. The fourth-order valence-corrected chi connectivity index (χ4v) is 2.32. The van der Waals surface area contributed by atoms with Gasteiger partial charge < -0.3 is 10.6 Å². The molecule has 2 atom stereocenters. The molecule has 0 aromatic heterocycles. The lowest BCUT2D eigenvalue weighted by atomic mass is 9.88. The number of benzene rings is 1. The highest BCUT2D eigenvalue weighted by atomic mass is 35.5. The van der Waals surface area contributed by atoms with E-state index in [2.05, 4.69) is 41.8 Å². The Morgan fingerprint density at radius 2 is 2.00 bits per heavy atom. The minimum Gasteiger partial charge on any atom is -0.349 e. The van der Waals surface area contributed by atoms with Crippen LogP contribution in [0.15, 0.2) is 24.3 Å². The fraction of sp³-hybridized carbons (Fsp3) is 0.533. The molecule has 4 heteroatoms. The van der Waals surface area contributed by atoms with Gasteiger partial charge >= 0.3 is 0 Å². The maximum atomic E-state index is 12.3. The normalized spacial score (nSPS) is 23.5. The summed E-state index contributed by atoms with van der Waals surface area (Å²) >= 11 is 0. The Bertz CT molecular complexity index is 424. The van der Waals surface area contributed by atoms with Gasteiger partial charge in [-0.05, 0) is 39.3 Å². The van der Waals surface area contributed by atoms with Crippen molar-refractivity contribution in [2.45, 2.75) is 33.2 Å². The number of aryl methyl sites for hydroxylation is 1. The van der Waals surface area contributed by atoms with Crippen LogP contribution in [-0.4, -0.2) is 19.0 Å². The van der Waals surface area contributed by atoms with Crippen LogP contribution >= 0.6 is 12.4 Å². The van der Waals surface area contributed by atoms with E-state index < -0.39 is 0 Å². The van der Waals surface area contributed by atoms with Crippen LogP contribution in [-0.2, 0) is 4.79 Å². The average Bonchev–Trinajstić information content (AvgIpc) is 2.78. The van der Waals surface area contributed by atoms with Gasteiger partial charge in [-0.25, -0.2) is 0 Å². The van der Waals surface area contributed by atoms with Gasteiger partial charge in [-0.3, -0.25) is 4.79 Å². The summed E-state index contributed by atoms with van der Waals surface area (Å²) in [5, 5.41) is 6.37. The van der Waals surface area contributed by atoms with E-state index in [1.54, 1.807) is 0 Å². The largest absolute Gasteiger partial charge is 0.349 e. The van der Waals surface area contributed by atoms with Crippen molar-refractivity contribution in [3.63, 3.8) is 0 Å². The van der Waals surface area contributed by atoms with E-state index in [1.807, 2.05) is 13.8 Å². The molecule has 3 nitrogen and oxygen atoms in total. The minimum atomic E-state index is -0.251. The molecule has 0 bridgehead atoms. The molecular weight excluding hydrogens is 260 g/mol. The third kappa shape index (κ3) is 3.71. The standard InChI is InChI=1S/C15H22N2O.ClH/c1-11-4-6-13(7-5-11)12(2)17-14(18)15(3)8-9-16-10-15;/h4-7,12,16H,8-10H2,1-3H3,(H,17,18);1H. The van der Waals surface area contributed by atoms with Crippen LogP contribution in [0.2, 0.25) is 0 Å². The van der Waals surface area contributed by atoms with Crippen LogP contribution in [0.25, 0.3) is 0 Å². The van der Waals surface area contributed by atoms with Crippen LogP contribution in [0.4, 0.5) is 0 Å². The van der Waals surface area contributed by atoms with Gasteiger partial charge in [-0.15, -0.1) is 12.4 Å². The average molecular weight is 283 g/mol.